The molecule has 2 N–H and O–H groups in total. The van der Waals surface area contributed by atoms with Gasteiger partial charge in [0.25, 0.3) is 0 Å². The number of nitrogens with one attached hydrogen (secondary N) is 1. The molecule has 2 rings (SSSR count). The van der Waals surface area contributed by atoms with Crippen molar-refractivity contribution in [1.29, 1.82) is 0 Å². The van der Waals surface area contributed by atoms with Gasteiger partial charge in [-0.3, -0.25) is 0 Å². The minimum absolute atomic E-state index is 0.188. The number of imidazole rings is 1. The first-order valence-electron chi connectivity index (χ1n) is 6.94. The number of nitrogens with zero attached hydrogens (tertiary/aromatic N) is 2. The van der Waals surface area contributed by atoms with E-state index in [0.29, 0.717) is 12.0 Å². The van der Waals surface area contributed by atoms with E-state index in [9.17, 15) is 9.90 Å². The highest BCUT2D eigenvalue weighted by Gasteiger charge is 2.36. The fourth-order valence-electron chi connectivity index (χ4n) is 2.21. The summed E-state index contributed by atoms with van der Waals surface area (Å²) in [5.41, 5.74) is 0.253. The number of amides is 1. The first kappa shape index (κ1) is 14.8. The fourth-order valence-corrected chi connectivity index (χ4v) is 2.21. The standard InChI is InChI=1S/C14H23N3O3/c1-9-5-11(9)17-8-15-6-12(17)10(7-18)16-13(19)20-14(2,3)4/h6,8-11,18H,5,7H2,1-4H3,(H,16,19). The molecule has 6 nitrogen and oxygen atoms in total. The van der Waals surface area contributed by atoms with Crippen LogP contribution in [0.5, 0.6) is 0 Å². The Kier molecular flexibility index (Phi) is 4.04. The molecule has 1 fully saturated rings. The van der Waals surface area contributed by atoms with Crippen LogP contribution >= 0.6 is 0 Å². The van der Waals surface area contributed by atoms with Crippen molar-refractivity contribution >= 4 is 6.09 Å². The van der Waals surface area contributed by atoms with Gasteiger partial charge < -0.3 is 19.7 Å². The predicted molar refractivity (Wildman–Crippen MR) is 74.2 cm³/mol. The molecule has 1 aliphatic rings. The summed E-state index contributed by atoms with van der Waals surface area (Å²) in [6.07, 6.45) is 4.01. The van der Waals surface area contributed by atoms with Crippen LogP contribution in [0.3, 0.4) is 0 Å². The molecule has 1 saturated carbocycles. The molecule has 1 amide bonds. The van der Waals surface area contributed by atoms with Gasteiger partial charge in [-0.15, -0.1) is 0 Å². The van der Waals surface area contributed by atoms with E-state index in [4.69, 9.17) is 4.74 Å². The van der Waals surface area contributed by atoms with Crippen LogP contribution in [-0.2, 0) is 4.74 Å². The first-order chi connectivity index (χ1) is 9.31. The third-order valence-electron chi connectivity index (χ3n) is 3.35. The number of rotatable bonds is 4. The van der Waals surface area contributed by atoms with Gasteiger partial charge in [0.1, 0.15) is 5.60 Å². The molecule has 20 heavy (non-hydrogen) atoms. The summed E-state index contributed by atoms with van der Waals surface area (Å²) in [6, 6.07) is -0.0814. The highest BCUT2D eigenvalue weighted by molar-refractivity contribution is 5.68. The van der Waals surface area contributed by atoms with Crippen molar-refractivity contribution in [1.82, 2.24) is 14.9 Å². The Balaban J connectivity index is 2.05. The maximum Gasteiger partial charge on any atom is 0.408 e. The molecule has 1 aromatic rings. The molecule has 112 valence electrons. The van der Waals surface area contributed by atoms with E-state index in [1.807, 2.05) is 4.57 Å². The van der Waals surface area contributed by atoms with Crippen LogP contribution in [0, 0.1) is 5.92 Å². The third kappa shape index (κ3) is 3.50. The topological polar surface area (TPSA) is 76.4 Å². The quantitative estimate of drug-likeness (QED) is 0.885. The van der Waals surface area contributed by atoms with Gasteiger partial charge >= 0.3 is 6.09 Å². The second-order valence-corrected chi connectivity index (χ2v) is 6.39. The molecule has 3 unspecified atom stereocenters. The predicted octanol–water partition coefficient (Wildman–Crippen LogP) is 2.02. The molecular formula is C14H23N3O3. The van der Waals surface area contributed by atoms with Crippen LogP contribution in [0.2, 0.25) is 0 Å². The van der Waals surface area contributed by atoms with Crippen LogP contribution in [0.15, 0.2) is 12.5 Å². The lowest BCUT2D eigenvalue weighted by Gasteiger charge is -2.23. The second kappa shape index (κ2) is 5.44. The lowest BCUT2D eigenvalue weighted by atomic mass is 10.2. The number of aromatic nitrogens is 2. The molecule has 0 bridgehead atoms. The Morgan fingerprint density at radius 1 is 1.65 bits per heavy atom. The molecule has 6 heteroatoms. The van der Waals surface area contributed by atoms with Crippen LogP contribution < -0.4 is 5.32 Å². The van der Waals surface area contributed by atoms with Gasteiger partial charge in [0.05, 0.1) is 30.9 Å². The molecule has 0 saturated heterocycles. The molecule has 1 heterocycles. The van der Waals surface area contributed by atoms with Crippen LogP contribution in [0.4, 0.5) is 4.79 Å². The van der Waals surface area contributed by atoms with E-state index >= 15 is 0 Å². The minimum atomic E-state index is -0.560. The van der Waals surface area contributed by atoms with E-state index in [0.717, 1.165) is 12.1 Å². The van der Waals surface area contributed by atoms with Gasteiger partial charge in [-0.05, 0) is 33.1 Å². The van der Waals surface area contributed by atoms with Gasteiger partial charge in [-0.25, -0.2) is 9.78 Å². The summed E-state index contributed by atoms with van der Waals surface area (Å²) in [6.45, 7) is 7.39. The maximum absolute atomic E-state index is 11.8. The van der Waals surface area contributed by atoms with Gasteiger partial charge in [0.2, 0.25) is 0 Å². The van der Waals surface area contributed by atoms with Crippen LogP contribution in [-0.4, -0.2) is 33.0 Å². The van der Waals surface area contributed by atoms with Crippen molar-refractivity contribution in [3.8, 4) is 0 Å². The highest BCUT2D eigenvalue weighted by atomic mass is 16.6. The Hall–Kier alpha value is -1.56. The van der Waals surface area contributed by atoms with Gasteiger partial charge in [-0.2, -0.15) is 0 Å². The van der Waals surface area contributed by atoms with Crippen molar-refractivity contribution in [2.75, 3.05) is 6.61 Å². The average Bonchev–Trinajstić information content (AvgIpc) is 2.87. The van der Waals surface area contributed by atoms with E-state index in [1.54, 1.807) is 33.3 Å². The Bertz CT molecular complexity index is 478. The van der Waals surface area contributed by atoms with Gasteiger partial charge in [0.15, 0.2) is 0 Å². The van der Waals surface area contributed by atoms with Crippen molar-refractivity contribution < 1.29 is 14.6 Å². The minimum Gasteiger partial charge on any atom is -0.444 e. The molecular weight excluding hydrogens is 258 g/mol. The zero-order valence-electron chi connectivity index (χ0n) is 12.5. The largest absolute Gasteiger partial charge is 0.444 e. The van der Waals surface area contributed by atoms with Crippen molar-refractivity contribution in [2.24, 2.45) is 5.92 Å². The van der Waals surface area contributed by atoms with E-state index in [2.05, 4.69) is 17.2 Å². The molecule has 1 aliphatic carbocycles. The number of carbonyl (C=O) groups excluding carboxylic acids is 1. The summed E-state index contributed by atoms with van der Waals surface area (Å²) in [5, 5.41) is 12.2. The van der Waals surface area contributed by atoms with Crippen LogP contribution in [0.25, 0.3) is 0 Å². The monoisotopic (exact) mass is 281 g/mol. The number of alkyl carbamates (subject to hydrolysis) is 1. The molecule has 0 radical (unpaired) electrons. The summed E-state index contributed by atoms with van der Waals surface area (Å²) < 4.78 is 7.25. The normalized spacial score (nSPS) is 23.2. The molecule has 1 aromatic heterocycles. The lowest BCUT2D eigenvalue weighted by Crippen LogP contribution is -2.37. The Labute approximate surface area is 119 Å². The summed E-state index contributed by atoms with van der Waals surface area (Å²) in [4.78, 5) is 15.9. The number of aliphatic hydroxyl groups excluding tert-OH is 1. The second-order valence-electron chi connectivity index (χ2n) is 6.39. The van der Waals surface area contributed by atoms with E-state index in [-0.39, 0.29) is 6.61 Å². The van der Waals surface area contributed by atoms with Gasteiger partial charge in [0, 0.05) is 6.04 Å². The first-order valence-corrected chi connectivity index (χ1v) is 6.94. The van der Waals surface area contributed by atoms with Crippen molar-refractivity contribution in [3.63, 3.8) is 0 Å². The van der Waals surface area contributed by atoms with E-state index in [1.165, 1.54) is 0 Å². The molecule has 0 aliphatic heterocycles. The lowest BCUT2D eigenvalue weighted by molar-refractivity contribution is 0.0478. The Morgan fingerprint density at radius 3 is 2.80 bits per heavy atom. The highest BCUT2D eigenvalue weighted by Crippen LogP contribution is 2.43. The van der Waals surface area contributed by atoms with Gasteiger partial charge in [-0.1, -0.05) is 6.92 Å². The number of hydrogen-bond donors (Lipinski definition) is 2. The smallest absolute Gasteiger partial charge is 0.408 e. The van der Waals surface area contributed by atoms with Crippen LogP contribution in [0.1, 0.15) is 51.9 Å². The zero-order valence-corrected chi connectivity index (χ0v) is 12.5. The van der Waals surface area contributed by atoms with Crippen molar-refractivity contribution in [3.05, 3.63) is 18.2 Å². The maximum atomic E-state index is 11.8. The number of carbonyl (C=O) groups is 1. The van der Waals surface area contributed by atoms with Crippen molar-refractivity contribution in [2.45, 2.75) is 51.8 Å². The molecule has 0 spiro atoms. The summed E-state index contributed by atoms with van der Waals surface area (Å²) in [7, 11) is 0. The SMILES string of the molecule is CC1CC1n1cncc1C(CO)NC(=O)OC(C)(C)C. The zero-order chi connectivity index (χ0) is 14.9. The summed E-state index contributed by atoms with van der Waals surface area (Å²) in [5.74, 6) is 0.615. The third-order valence-corrected chi connectivity index (χ3v) is 3.35. The summed E-state index contributed by atoms with van der Waals surface area (Å²) >= 11 is 0. The Morgan fingerprint density at radius 2 is 2.30 bits per heavy atom. The number of aliphatic hydroxyl groups is 1. The number of hydrogen-bond acceptors (Lipinski definition) is 4. The average molecular weight is 281 g/mol. The fraction of sp³-hybridized carbons (Fsp3) is 0.714. The van der Waals surface area contributed by atoms with E-state index < -0.39 is 17.7 Å². The molecule has 3 atom stereocenters. The molecule has 0 aromatic carbocycles. The number of ether oxygens (including phenoxy) is 1.